The Kier molecular flexibility index (Phi) is 6.78. The summed E-state index contributed by atoms with van der Waals surface area (Å²) in [6, 6.07) is 13.3. The van der Waals surface area contributed by atoms with Gasteiger partial charge in [-0.3, -0.25) is 0 Å². The van der Waals surface area contributed by atoms with Crippen LogP contribution in [0.5, 0.6) is 0 Å². The molecule has 5 heteroatoms. The molecule has 0 saturated carbocycles. The first kappa shape index (κ1) is 18.7. The van der Waals surface area contributed by atoms with Crippen LogP contribution in [-0.2, 0) is 0 Å². The summed E-state index contributed by atoms with van der Waals surface area (Å²) in [4.78, 5) is 0. The molecule has 96 valence electrons. The average Bonchev–Trinajstić information content (AvgIpc) is 3.06. The van der Waals surface area contributed by atoms with Crippen molar-refractivity contribution in [2.75, 3.05) is 0 Å². The predicted molar refractivity (Wildman–Crippen MR) is 76.3 cm³/mol. The van der Waals surface area contributed by atoms with Crippen molar-refractivity contribution in [1.82, 2.24) is 0 Å². The third kappa shape index (κ3) is 3.06. The molecule has 1 saturated heterocycles. The van der Waals surface area contributed by atoms with Crippen molar-refractivity contribution in [2.24, 2.45) is 0 Å². The normalized spacial score (nSPS) is 20.6. The minimum Gasteiger partial charge on any atom is -0.870 e. The fourth-order valence-corrected chi connectivity index (χ4v) is 3.39. The molecule has 1 aliphatic heterocycles. The number of benzene rings is 2. The van der Waals surface area contributed by atoms with E-state index in [0.29, 0.717) is 0 Å². The summed E-state index contributed by atoms with van der Waals surface area (Å²) < 4.78 is 0. The zero-order valence-electron chi connectivity index (χ0n) is 10.6. The second kappa shape index (κ2) is 6.90. The molecule has 0 spiro atoms. The largest absolute Gasteiger partial charge is 1.00 e. The Morgan fingerprint density at radius 3 is 2.26 bits per heavy atom. The van der Waals surface area contributed by atoms with E-state index in [1.807, 2.05) is 0 Å². The predicted octanol–water partition coefficient (Wildman–Crippen LogP) is -0.799. The van der Waals surface area contributed by atoms with Gasteiger partial charge in [0.1, 0.15) is 0 Å². The van der Waals surface area contributed by atoms with E-state index in [9.17, 15) is 0 Å². The maximum atomic E-state index is 2.37. The fraction of sp³-hybridized carbons (Fsp3) is 0.143. The van der Waals surface area contributed by atoms with Crippen LogP contribution in [0.4, 0.5) is 0 Å². The van der Waals surface area contributed by atoms with Crippen LogP contribution >= 0.6 is 11.8 Å². The molecule has 0 bridgehead atoms. The monoisotopic (exact) mass is 286 g/mol. The van der Waals surface area contributed by atoms with Crippen LogP contribution in [0.3, 0.4) is 0 Å². The quantitative estimate of drug-likeness (QED) is 0.468. The Morgan fingerprint density at radius 1 is 0.947 bits per heavy atom. The molecule has 5 N–H and O–H groups in total. The summed E-state index contributed by atoms with van der Waals surface area (Å²) in [5, 5.41) is 4.23. The van der Waals surface area contributed by atoms with Gasteiger partial charge in [0.15, 0.2) is 0 Å². The van der Waals surface area contributed by atoms with Crippen LogP contribution in [0.15, 0.2) is 42.5 Å². The summed E-state index contributed by atoms with van der Waals surface area (Å²) in [5.41, 5.74) is 2.95. The Bertz CT molecular complexity index is 600. The molecule has 2 atom stereocenters. The van der Waals surface area contributed by atoms with E-state index in [2.05, 4.69) is 60.3 Å². The van der Waals surface area contributed by atoms with Gasteiger partial charge in [0.2, 0.25) is 0 Å². The van der Waals surface area contributed by atoms with Crippen molar-refractivity contribution in [2.45, 2.75) is 10.5 Å². The second-order valence-corrected chi connectivity index (χ2v) is 5.53. The average molecular weight is 286 g/mol. The van der Waals surface area contributed by atoms with Gasteiger partial charge < -0.3 is 16.4 Å². The van der Waals surface area contributed by atoms with Crippen molar-refractivity contribution in [3.63, 3.8) is 0 Å². The van der Waals surface area contributed by atoms with Crippen molar-refractivity contribution >= 4 is 28.6 Å². The number of rotatable bonds is 0. The van der Waals surface area contributed by atoms with Crippen LogP contribution in [0.1, 0.15) is 16.4 Å². The third-order valence-electron chi connectivity index (χ3n) is 3.25. The van der Waals surface area contributed by atoms with Gasteiger partial charge in [-0.2, -0.15) is 0 Å². The topological polar surface area (TPSA) is 93.0 Å². The third-order valence-corrected chi connectivity index (χ3v) is 4.52. The molecule has 0 radical (unpaired) electrons. The van der Waals surface area contributed by atoms with E-state index in [1.54, 1.807) is 0 Å². The van der Waals surface area contributed by atoms with Gasteiger partial charge in [-0.05, 0) is 34.0 Å². The van der Waals surface area contributed by atoms with Crippen LogP contribution in [0.25, 0.3) is 16.8 Å². The molecule has 1 heterocycles. The Labute approximate surface area is 138 Å². The van der Waals surface area contributed by atoms with Crippen molar-refractivity contribution in [3.05, 3.63) is 53.6 Å². The molecule has 1 aliphatic carbocycles. The summed E-state index contributed by atoms with van der Waals surface area (Å²) in [7, 11) is 0. The number of hydrogen-bond acceptors (Lipinski definition) is 2. The van der Waals surface area contributed by atoms with Crippen LogP contribution in [-0.4, -0.2) is 21.7 Å². The maximum absolute atomic E-state index is 2.37. The Balaban J connectivity index is 0.000000810. The van der Waals surface area contributed by atoms with Crippen molar-refractivity contribution in [1.29, 1.82) is 0 Å². The maximum Gasteiger partial charge on any atom is 1.00 e. The summed E-state index contributed by atoms with van der Waals surface area (Å²) >= 11 is 2.06. The van der Waals surface area contributed by atoms with Crippen LogP contribution in [0.2, 0.25) is 0 Å². The zero-order chi connectivity index (χ0) is 9.83. The van der Waals surface area contributed by atoms with E-state index >= 15 is 0 Å². The zero-order valence-corrected chi connectivity index (χ0v) is 13.4. The van der Waals surface area contributed by atoms with E-state index in [0.717, 1.165) is 10.5 Å². The number of hydrogen-bond donors (Lipinski definition) is 0. The summed E-state index contributed by atoms with van der Waals surface area (Å²) in [5.74, 6) is 0. The van der Waals surface area contributed by atoms with Crippen molar-refractivity contribution < 1.29 is 46.0 Å². The summed E-state index contributed by atoms with van der Waals surface area (Å²) in [6.07, 6.45) is 4.62. The second-order valence-electron chi connectivity index (χ2n) is 4.21. The summed E-state index contributed by atoms with van der Waals surface area (Å²) in [6.45, 7) is 0. The van der Waals surface area contributed by atoms with Crippen LogP contribution < -0.4 is 29.6 Å². The van der Waals surface area contributed by atoms with Gasteiger partial charge in [-0.1, -0.05) is 36.4 Å². The smallest absolute Gasteiger partial charge is 0.870 e. The first-order chi connectivity index (χ1) is 7.42. The molecule has 2 unspecified atom stereocenters. The first-order valence-corrected chi connectivity index (χ1v) is 6.22. The first-order valence-electron chi connectivity index (χ1n) is 5.28. The molecule has 2 aliphatic rings. The number of fused-ring (bicyclic) bond motifs is 4. The van der Waals surface area contributed by atoms with Gasteiger partial charge in [-0.15, -0.1) is 11.8 Å². The van der Waals surface area contributed by atoms with Crippen LogP contribution in [0, 0.1) is 0 Å². The van der Waals surface area contributed by atoms with E-state index in [4.69, 9.17) is 0 Å². The molecular weight excluding hydrogens is 271 g/mol. The molecule has 2 aromatic carbocycles. The Hall–Kier alpha value is -0.330. The minimum atomic E-state index is 0. The molecule has 2 aromatic rings. The molecule has 0 aromatic heterocycles. The van der Waals surface area contributed by atoms with Gasteiger partial charge in [0.25, 0.3) is 0 Å². The molecule has 3 nitrogen and oxygen atoms in total. The SMILES string of the molecule is C1=CC2SC2c2cc3ccccc3cc21.O.O.[Na+].[OH-]. The van der Waals surface area contributed by atoms with Gasteiger partial charge in [0.05, 0.1) is 0 Å². The van der Waals surface area contributed by atoms with E-state index in [1.165, 1.54) is 21.9 Å². The molecular formula is C14H15NaO3S. The standard InChI is InChI=1S/C14H10S.Na.3H2O/c1-2-4-10-8-12-11(7-9(10)3-1)5-6-13-14(12)15-13;;;;/h1-8,13-14H;;3*1H2/q;+1;;;/p-1. The molecule has 19 heavy (non-hydrogen) atoms. The Morgan fingerprint density at radius 2 is 1.58 bits per heavy atom. The van der Waals surface area contributed by atoms with E-state index < -0.39 is 0 Å². The van der Waals surface area contributed by atoms with Gasteiger partial charge in [-0.25, -0.2) is 0 Å². The molecule has 1 fully saturated rings. The van der Waals surface area contributed by atoms with Crippen molar-refractivity contribution in [3.8, 4) is 0 Å². The van der Waals surface area contributed by atoms with Gasteiger partial charge in [0, 0.05) is 10.5 Å². The van der Waals surface area contributed by atoms with E-state index in [-0.39, 0.29) is 46.0 Å². The molecule has 4 rings (SSSR count). The number of thioether (sulfide) groups is 1. The van der Waals surface area contributed by atoms with Gasteiger partial charge >= 0.3 is 29.6 Å². The minimum absolute atomic E-state index is 0. The molecule has 0 amide bonds. The fourth-order valence-electron chi connectivity index (χ4n) is 2.39.